The molecular formula is C21H20FN3OS2. The summed E-state index contributed by atoms with van der Waals surface area (Å²) < 4.78 is 13.6. The number of anilines is 1. The average Bonchev–Trinajstić information content (AvgIpc) is 3.09. The first-order chi connectivity index (χ1) is 13.7. The van der Waals surface area contributed by atoms with E-state index in [9.17, 15) is 9.18 Å². The highest BCUT2D eigenvalue weighted by Gasteiger charge is 2.21. The largest absolute Gasteiger partial charge is 0.301 e. The molecule has 4 nitrogen and oxygen atoms in total. The van der Waals surface area contributed by atoms with E-state index in [1.165, 1.54) is 39.6 Å². The molecule has 3 aromatic rings. The Morgan fingerprint density at radius 3 is 2.79 bits per heavy atom. The van der Waals surface area contributed by atoms with Gasteiger partial charge in [-0.25, -0.2) is 9.37 Å². The third kappa shape index (κ3) is 4.79. The molecule has 1 aliphatic rings. The minimum Gasteiger partial charge on any atom is -0.301 e. The number of amides is 1. The Bertz CT molecular complexity index is 961. The minimum atomic E-state index is -0.302. The second kappa shape index (κ2) is 8.86. The second-order valence-corrected chi connectivity index (χ2v) is 8.70. The summed E-state index contributed by atoms with van der Waals surface area (Å²) in [4.78, 5) is 20.9. The molecule has 0 aliphatic carbocycles. The number of hydrogen-bond donors (Lipinski definition) is 1. The summed E-state index contributed by atoms with van der Waals surface area (Å²) in [6.07, 6.45) is 0.887. The third-order valence-corrected chi connectivity index (χ3v) is 6.55. The van der Waals surface area contributed by atoms with Crippen molar-refractivity contribution in [2.75, 3.05) is 17.6 Å². The average molecular weight is 414 g/mol. The molecule has 2 heterocycles. The van der Waals surface area contributed by atoms with E-state index >= 15 is 0 Å². The highest BCUT2D eigenvalue weighted by molar-refractivity contribution is 8.00. The second-order valence-electron chi connectivity index (χ2n) is 6.60. The first kappa shape index (κ1) is 19.1. The first-order valence-corrected chi connectivity index (χ1v) is 10.9. The first-order valence-electron chi connectivity index (χ1n) is 9.09. The lowest BCUT2D eigenvalue weighted by molar-refractivity contribution is -0.113. The van der Waals surface area contributed by atoms with Crippen LogP contribution < -0.4 is 5.32 Å². The van der Waals surface area contributed by atoms with Crippen molar-refractivity contribution >= 4 is 34.1 Å². The Morgan fingerprint density at radius 1 is 1.18 bits per heavy atom. The van der Waals surface area contributed by atoms with Crippen LogP contribution in [0.15, 0.2) is 59.5 Å². The zero-order valence-electron chi connectivity index (χ0n) is 15.2. The van der Waals surface area contributed by atoms with Crippen molar-refractivity contribution < 1.29 is 9.18 Å². The molecule has 1 aromatic heterocycles. The van der Waals surface area contributed by atoms with Gasteiger partial charge in [-0.1, -0.05) is 42.5 Å². The summed E-state index contributed by atoms with van der Waals surface area (Å²) in [6.45, 7) is 2.73. The van der Waals surface area contributed by atoms with Gasteiger partial charge in [0.2, 0.25) is 5.91 Å². The molecule has 1 N–H and O–H groups in total. The summed E-state index contributed by atoms with van der Waals surface area (Å²) in [5.74, 6) is -0.310. The molecule has 0 bridgehead atoms. The van der Waals surface area contributed by atoms with Crippen LogP contribution in [0.3, 0.4) is 0 Å². The number of nitrogens with zero attached hydrogens (tertiary/aromatic N) is 2. The molecule has 7 heteroatoms. The Labute approximate surface area is 171 Å². The van der Waals surface area contributed by atoms with Crippen LogP contribution in [0, 0.1) is 5.82 Å². The van der Waals surface area contributed by atoms with Gasteiger partial charge < -0.3 is 5.32 Å². The predicted octanol–water partition coefficient (Wildman–Crippen LogP) is 4.57. The van der Waals surface area contributed by atoms with E-state index in [0.29, 0.717) is 10.0 Å². The van der Waals surface area contributed by atoms with E-state index in [4.69, 9.17) is 0 Å². The van der Waals surface area contributed by atoms with Crippen LogP contribution in [0.4, 0.5) is 9.52 Å². The number of thiazole rings is 1. The van der Waals surface area contributed by atoms with Crippen LogP contribution >= 0.6 is 23.1 Å². The number of benzene rings is 2. The maximum atomic E-state index is 13.6. The van der Waals surface area contributed by atoms with E-state index in [2.05, 4.69) is 39.5 Å². The lowest BCUT2D eigenvalue weighted by Crippen LogP contribution is -2.29. The van der Waals surface area contributed by atoms with Crippen molar-refractivity contribution in [2.24, 2.45) is 0 Å². The van der Waals surface area contributed by atoms with E-state index in [0.717, 1.165) is 31.7 Å². The number of aromatic nitrogens is 1. The van der Waals surface area contributed by atoms with E-state index in [1.54, 1.807) is 18.2 Å². The normalized spacial score (nSPS) is 13.9. The summed E-state index contributed by atoms with van der Waals surface area (Å²) >= 11 is 2.73. The zero-order chi connectivity index (χ0) is 19.3. The van der Waals surface area contributed by atoms with Gasteiger partial charge in [-0.15, -0.1) is 23.1 Å². The number of carbonyl (C=O) groups is 1. The Kier molecular flexibility index (Phi) is 6.04. The number of hydrogen-bond acceptors (Lipinski definition) is 5. The molecule has 0 fully saturated rings. The monoisotopic (exact) mass is 413 g/mol. The SMILES string of the molecule is O=C(CSc1ccccc1F)Nc1nc2c(s1)CN(Cc1ccccc1)CC2. The van der Waals surface area contributed by atoms with Gasteiger partial charge in [-0.2, -0.15) is 0 Å². The number of thioether (sulfide) groups is 1. The van der Waals surface area contributed by atoms with Gasteiger partial charge >= 0.3 is 0 Å². The molecule has 0 saturated heterocycles. The Hall–Kier alpha value is -2.22. The fourth-order valence-corrected chi connectivity index (χ4v) is 4.95. The third-order valence-electron chi connectivity index (χ3n) is 4.50. The van der Waals surface area contributed by atoms with Crippen LogP contribution in [0.1, 0.15) is 16.1 Å². The molecule has 0 radical (unpaired) electrons. The van der Waals surface area contributed by atoms with Gasteiger partial charge in [0, 0.05) is 35.8 Å². The molecule has 0 atom stereocenters. The smallest absolute Gasteiger partial charge is 0.236 e. The summed E-state index contributed by atoms with van der Waals surface area (Å²) in [5.41, 5.74) is 2.38. The molecular weight excluding hydrogens is 393 g/mol. The van der Waals surface area contributed by atoms with Crippen LogP contribution in [0.25, 0.3) is 0 Å². The lowest BCUT2D eigenvalue weighted by Gasteiger charge is -2.25. The van der Waals surface area contributed by atoms with Crippen molar-refractivity contribution in [3.05, 3.63) is 76.5 Å². The van der Waals surface area contributed by atoms with Crippen LogP contribution in [-0.4, -0.2) is 28.1 Å². The number of fused-ring (bicyclic) bond motifs is 1. The highest BCUT2D eigenvalue weighted by atomic mass is 32.2. The molecule has 0 spiro atoms. The number of carbonyl (C=O) groups excluding carboxylic acids is 1. The molecule has 28 heavy (non-hydrogen) atoms. The number of halogens is 1. The topological polar surface area (TPSA) is 45.2 Å². The van der Waals surface area contributed by atoms with Crippen molar-refractivity contribution in [3.63, 3.8) is 0 Å². The van der Waals surface area contributed by atoms with Crippen LogP contribution in [-0.2, 0) is 24.3 Å². The highest BCUT2D eigenvalue weighted by Crippen LogP contribution is 2.29. The van der Waals surface area contributed by atoms with Gasteiger partial charge in [-0.3, -0.25) is 9.69 Å². The molecule has 0 saturated carbocycles. The molecule has 4 rings (SSSR count). The van der Waals surface area contributed by atoms with Crippen molar-refractivity contribution in [2.45, 2.75) is 24.4 Å². The Morgan fingerprint density at radius 2 is 1.96 bits per heavy atom. The fourth-order valence-electron chi connectivity index (χ4n) is 3.14. The van der Waals surface area contributed by atoms with Gasteiger partial charge in [0.1, 0.15) is 5.82 Å². The summed E-state index contributed by atoms with van der Waals surface area (Å²) in [6, 6.07) is 16.9. The van der Waals surface area contributed by atoms with E-state index < -0.39 is 0 Å². The van der Waals surface area contributed by atoms with Crippen LogP contribution in [0.5, 0.6) is 0 Å². The van der Waals surface area contributed by atoms with E-state index in [-0.39, 0.29) is 17.5 Å². The quantitative estimate of drug-likeness (QED) is 0.601. The minimum absolute atomic E-state index is 0.158. The van der Waals surface area contributed by atoms with Crippen molar-refractivity contribution in [3.8, 4) is 0 Å². The summed E-state index contributed by atoms with van der Waals surface area (Å²) in [5, 5.41) is 3.49. The summed E-state index contributed by atoms with van der Waals surface area (Å²) in [7, 11) is 0. The standard InChI is InChI=1S/C21H20FN3OS2/c22-16-8-4-5-9-18(16)27-14-20(26)24-21-23-17-10-11-25(13-19(17)28-21)12-15-6-2-1-3-7-15/h1-9H,10-14H2,(H,23,24,26). The lowest BCUT2D eigenvalue weighted by atomic mass is 10.1. The van der Waals surface area contributed by atoms with Crippen molar-refractivity contribution in [1.29, 1.82) is 0 Å². The molecule has 144 valence electrons. The zero-order valence-corrected chi connectivity index (χ0v) is 16.9. The van der Waals surface area contributed by atoms with Gasteiger partial charge in [0.15, 0.2) is 5.13 Å². The number of rotatable bonds is 6. The predicted molar refractivity (Wildman–Crippen MR) is 112 cm³/mol. The van der Waals surface area contributed by atoms with Gasteiger partial charge in [0.25, 0.3) is 0 Å². The molecule has 2 aromatic carbocycles. The van der Waals surface area contributed by atoms with E-state index in [1.807, 2.05) is 6.07 Å². The Balaban J connectivity index is 1.32. The van der Waals surface area contributed by atoms with Gasteiger partial charge in [0.05, 0.1) is 11.4 Å². The fraction of sp³-hybridized carbons (Fsp3) is 0.238. The molecule has 1 amide bonds. The maximum absolute atomic E-state index is 13.6. The van der Waals surface area contributed by atoms with Crippen molar-refractivity contribution in [1.82, 2.24) is 9.88 Å². The van der Waals surface area contributed by atoms with Gasteiger partial charge in [-0.05, 0) is 17.7 Å². The molecule has 0 unspecified atom stereocenters. The maximum Gasteiger partial charge on any atom is 0.236 e. The molecule has 1 aliphatic heterocycles. The van der Waals surface area contributed by atoms with Crippen LogP contribution in [0.2, 0.25) is 0 Å². The number of nitrogens with one attached hydrogen (secondary N) is 1.